The minimum absolute atomic E-state index is 0.332. The normalized spacial score (nSPS) is 13.1. The summed E-state index contributed by atoms with van der Waals surface area (Å²) in [6.45, 7) is 0. The van der Waals surface area contributed by atoms with Gasteiger partial charge in [-0.3, -0.25) is 0 Å². The van der Waals surface area contributed by atoms with Gasteiger partial charge in [0, 0.05) is 5.39 Å². The predicted octanol–water partition coefficient (Wildman–Crippen LogP) is 2.51. The molecule has 2 heterocycles. The molecule has 1 N–H and O–H groups in total. The lowest BCUT2D eigenvalue weighted by Crippen LogP contribution is -1.97. The molecule has 3 aromatic rings. The predicted molar refractivity (Wildman–Crippen MR) is 60.1 cm³/mol. The minimum Gasteiger partial charge on any atom is -0.458 e. The smallest absolute Gasteiger partial charge is 0.156 e. The third kappa shape index (κ3) is 1.81. The quantitative estimate of drug-likeness (QED) is 0.759. The fourth-order valence-electron chi connectivity index (χ4n) is 1.61. The van der Waals surface area contributed by atoms with E-state index in [1.165, 1.54) is 24.4 Å². The van der Waals surface area contributed by atoms with Crippen molar-refractivity contribution < 1.29 is 13.9 Å². The molecule has 0 aliphatic carbocycles. The Bertz CT molecular complexity index is 651. The van der Waals surface area contributed by atoms with Gasteiger partial charge in [0.15, 0.2) is 6.10 Å². The van der Waals surface area contributed by atoms with Crippen molar-refractivity contribution in [3.8, 4) is 0 Å². The third-order valence-electron chi connectivity index (χ3n) is 2.43. The third-order valence-corrected chi connectivity index (χ3v) is 2.92. The lowest BCUT2D eigenvalue weighted by atomic mass is 10.2. The van der Waals surface area contributed by atoms with Gasteiger partial charge in [-0.25, -0.2) is 4.39 Å². The van der Waals surface area contributed by atoms with Crippen LogP contribution in [-0.2, 0) is 0 Å². The average Bonchev–Trinajstić information content (AvgIpc) is 2.96. The van der Waals surface area contributed by atoms with Crippen molar-refractivity contribution >= 4 is 22.7 Å². The molecule has 0 saturated heterocycles. The molecule has 4 nitrogen and oxygen atoms in total. The number of rotatable bonds is 2. The lowest BCUT2D eigenvalue weighted by Gasteiger charge is -2.01. The van der Waals surface area contributed by atoms with Gasteiger partial charge in [0.1, 0.15) is 22.9 Å². The lowest BCUT2D eigenvalue weighted by molar-refractivity contribution is 0.188. The van der Waals surface area contributed by atoms with E-state index >= 15 is 0 Å². The van der Waals surface area contributed by atoms with Crippen LogP contribution in [0.1, 0.15) is 17.6 Å². The number of aromatic nitrogens is 2. The van der Waals surface area contributed by atoms with Gasteiger partial charge in [0.05, 0.1) is 17.9 Å². The summed E-state index contributed by atoms with van der Waals surface area (Å²) in [7, 11) is 0. The summed E-state index contributed by atoms with van der Waals surface area (Å²) in [6.07, 6.45) is 0.507. The van der Waals surface area contributed by atoms with E-state index in [0.717, 1.165) is 11.7 Å². The number of aliphatic hydroxyl groups excluding tert-OH is 1. The SMILES string of the molecule is OC(c1cnsn1)c1cc2cc(F)ccc2o1. The van der Waals surface area contributed by atoms with Crippen LogP contribution in [0.5, 0.6) is 0 Å². The maximum atomic E-state index is 13.0. The van der Waals surface area contributed by atoms with Gasteiger partial charge >= 0.3 is 0 Å². The molecule has 17 heavy (non-hydrogen) atoms. The van der Waals surface area contributed by atoms with Crippen LogP contribution in [0.2, 0.25) is 0 Å². The molecule has 0 spiro atoms. The molecule has 0 fully saturated rings. The van der Waals surface area contributed by atoms with E-state index in [0.29, 0.717) is 22.4 Å². The van der Waals surface area contributed by atoms with Crippen molar-refractivity contribution in [2.75, 3.05) is 0 Å². The monoisotopic (exact) mass is 250 g/mol. The summed E-state index contributed by atoms with van der Waals surface area (Å²) in [6, 6.07) is 5.79. The van der Waals surface area contributed by atoms with Crippen molar-refractivity contribution in [3.63, 3.8) is 0 Å². The van der Waals surface area contributed by atoms with Gasteiger partial charge < -0.3 is 9.52 Å². The Balaban J connectivity index is 2.06. The van der Waals surface area contributed by atoms with Crippen LogP contribution in [0.25, 0.3) is 11.0 Å². The van der Waals surface area contributed by atoms with Gasteiger partial charge in [-0.1, -0.05) is 0 Å². The first-order valence-corrected chi connectivity index (χ1v) is 5.61. The molecule has 0 aliphatic rings. The van der Waals surface area contributed by atoms with E-state index in [1.54, 1.807) is 6.07 Å². The largest absolute Gasteiger partial charge is 0.458 e. The van der Waals surface area contributed by atoms with Crippen molar-refractivity contribution in [3.05, 3.63) is 47.7 Å². The molecule has 0 saturated carbocycles. The first-order chi connectivity index (χ1) is 8.24. The minimum atomic E-state index is -0.968. The molecule has 86 valence electrons. The Hall–Kier alpha value is -1.79. The highest BCUT2D eigenvalue weighted by molar-refractivity contribution is 6.99. The van der Waals surface area contributed by atoms with Crippen LogP contribution < -0.4 is 0 Å². The molecule has 1 aromatic carbocycles. The van der Waals surface area contributed by atoms with Crippen LogP contribution in [0.4, 0.5) is 4.39 Å². The van der Waals surface area contributed by atoms with E-state index < -0.39 is 6.10 Å². The topological polar surface area (TPSA) is 59.2 Å². The van der Waals surface area contributed by atoms with E-state index in [1.807, 2.05) is 0 Å². The summed E-state index contributed by atoms with van der Waals surface area (Å²) in [4.78, 5) is 0. The van der Waals surface area contributed by atoms with Crippen LogP contribution >= 0.6 is 11.7 Å². The van der Waals surface area contributed by atoms with E-state index in [4.69, 9.17) is 4.42 Å². The van der Waals surface area contributed by atoms with Crippen molar-refractivity contribution in [2.24, 2.45) is 0 Å². The molecular weight excluding hydrogens is 243 g/mol. The van der Waals surface area contributed by atoms with Crippen LogP contribution in [0, 0.1) is 5.82 Å². The van der Waals surface area contributed by atoms with Crippen molar-refractivity contribution in [1.82, 2.24) is 8.75 Å². The molecule has 0 amide bonds. The number of nitrogens with zero attached hydrogens (tertiary/aromatic N) is 2. The summed E-state index contributed by atoms with van der Waals surface area (Å²) in [5, 5.41) is 10.6. The maximum absolute atomic E-state index is 13.0. The Morgan fingerprint density at radius 2 is 2.24 bits per heavy atom. The standard InChI is InChI=1S/C11H7FN2O2S/c12-7-1-2-9-6(3-7)4-10(16-9)11(15)8-5-13-17-14-8/h1-5,11,15H. The molecule has 3 rings (SSSR count). The molecule has 1 atom stereocenters. The van der Waals surface area contributed by atoms with Crippen LogP contribution in [-0.4, -0.2) is 13.9 Å². The van der Waals surface area contributed by atoms with Crippen LogP contribution in [0.3, 0.4) is 0 Å². The van der Waals surface area contributed by atoms with Gasteiger partial charge in [0.25, 0.3) is 0 Å². The zero-order chi connectivity index (χ0) is 11.8. The van der Waals surface area contributed by atoms with E-state index in [9.17, 15) is 9.50 Å². The molecular formula is C11H7FN2O2S. The second-order valence-corrected chi connectivity index (χ2v) is 4.12. The molecule has 6 heteroatoms. The fraction of sp³-hybridized carbons (Fsp3) is 0.0909. The Labute approximate surface area is 99.7 Å². The maximum Gasteiger partial charge on any atom is 0.156 e. The van der Waals surface area contributed by atoms with E-state index in [-0.39, 0.29) is 5.82 Å². The fourth-order valence-corrected chi connectivity index (χ4v) is 2.05. The van der Waals surface area contributed by atoms with Gasteiger partial charge in [-0.15, -0.1) is 0 Å². The summed E-state index contributed by atoms with van der Waals surface area (Å²) in [5.41, 5.74) is 0.957. The molecule has 2 aromatic heterocycles. The highest BCUT2D eigenvalue weighted by atomic mass is 32.1. The second kappa shape index (κ2) is 3.90. The average molecular weight is 250 g/mol. The molecule has 0 bridgehead atoms. The van der Waals surface area contributed by atoms with Crippen molar-refractivity contribution in [2.45, 2.75) is 6.10 Å². The van der Waals surface area contributed by atoms with Crippen molar-refractivity contribution in [1.29, 1.82) is 0 Å². The Kier molecular flexibility index (Phi) is 2.38. The number of halogens is 1. The van der Waals surface area contributed by atoms with Gasteiger partial charge in [0.2, 0.25) is 0 Å². The summed E-state index contributed by atoms with van der Waals surface area (Å²) < 4.78 is 26.2. The number of benzene rings is 1. The highest BCUT2D eigenvalue weighted by Gasteiger charge is 2.18. The zero-order valence-electron chi connectivity index (χ0n) is 8.50. The number of hydrogen-bond acceptors (Lipinski definition) is 5. The number of hydrogen-bond donors (Lipinski definition) is 1. The number of aliphatic hydroxyl groups is 1. The number of furan rings is 1. The summed E-state index contributed by atoms with van der Waals surface area (Å²) in [5.74, 6) is -0.00651. The van der Waals surface area contributed by atoms with Crippen LogP contribution in [0.15, 0.2) is 34.9 Å². The zero-order valence-corrected chi connectivity index (χ0v) is 9.32. The van der Waals surface area contributed by atoms with Gasteiger partial charge in [-0.05, 0) is 24.3 Å². The second-order valence-electron chi connectivity index (χ2n) is 3.57. The van der Waals surface area contributed by atoms with Gasteiger partial charge in [-0.2, -0.15) is 8.75 Å². The number of fused-ring (bicyclic) bond motifs is 1. The first-order valence-electron chi connectivity index (χ1n) is 4.88. The molecule has 0 aliphatic heterocycles. The molecule has 0 radical (unpaired) electrons. The molecule has 1 unspecified atom stereocenters. The van der Waals surface area contributed by atoms with E-state index in [2.05, 4.69) is 8.75 Å². The summed E-state index contributed by atoms with van der Waals surface area (Å²) >= 11 is 1.01. The Morgan fingerprint density at radius 3 is 3.00 bits per heavy atom. The first kappa shape index (κ1) is 10.4. The highest BCUT2D eigenvalue weighted by Crippen LogP contribution is 2.27. The Morgan fingerprint density at radius 1 is 1.35 bits per heavy atom.